The van der Waals surface area contributed by atoms with Gasteiger partial charge in [0, 0.05) is 25.4 Å². The van der Waals surface area contributed by atoms with Gasteiger partial charge in [0.05, 0.1) is 12.7 Å². The molecule has 1 saturated heterocycles. The van der Waals surface area contributed by atoms with Crippen molar-refractivity contribution < 1.29 is 9.53 Å². The summed E-state index contributed by atoms with van der Waals surface area (Å²) >= 11 is 0. The quantitative estimate of drug-likeness (QED) is 0.716. The van der Waals surface area contributed by atoms with Gasteiger partial charge in [-0.2, -0.15) is 0 Å². The number of Topliss-reactive ketones (excluding diaryl/α,β-unsaturated/α-hetero) is 1. The van der Waals surface area contributed by atoms with Gasteiger partial charge in [0.15, 0.2) is 0 Å². The Balaban J connectivity index is 1.73. The van der Waals surface area contributed by atoms with Crippen molar-refractivity contribution in [1.82, 2.24) is 4.90 Å². The van der Waals surface area contributed by atoms with Crippen LogP contribution in [0, 0.1) is 0 Å². The van der Waals surface area contributed by atoms with E-state index in [-0.39, 0.29) is 0 Å². The number of fused-ring (bicyclic) bond motifs is 1. The fraction of sp³-hybridized carbons (Fsp3) is 0.923. The highest BCUT2D eigenvalue weighted by Gasteiger charge is 2.35. The molecular weight excluding hydrogens is 202 g/mol. The minimum atomic E-state index is 0.399. The molecule has 2 atom stereocenters. The van der Waals surface area contributed by atoms with Crippen LogP contribution in [-0.2, 0) is 9.53 Å². The summed E-state index contributed by atoms with van der Waals surface area (Å²) in [5.41, 5.74) is 0. The van der Waals surface area contributed by atoms with Crippen molar-refractivity contribution in [2.45, 2.75) is 57.6 Å². The highest BCUT2D eigenvalue weighted by molar-refractivity contribution is 5.77. The average molecular weight is 225 g/mol. The van der Waals surface area contributed by atoms with Crippen LogP contribution < -0.4 is 0 Å². The van der Waals surface area contributed by atoms with Gasteiger partial charge in [-0.3, -0.25) is 9.69 Å². The third-order valence-electron chi connectivity index (χ3n) is 3.89. The average Bonchev–Trinajstić information content (AvgIpc) is 2.77. The lowest BCUT2D eigenvalue weighted by molar-refractivity contribution is -0.119. The van der Waals surface area contributed by atoms with Gasteiger partial charge in [0.1, 0.15) is 5.78 Å². The van der Waals surface area contributed by atoms with E-state index in [0.717, 1.165) is 32.5 Å². The zero-order valence-electron chi connectivity index (χ0n) is 10.3. The first-order valence-electron chi connectivity index (χ1n) is 6.68. The smallest absolute Gasteiger partial charge is 0.132 e. The molecule has 0 N–H and O–H groups in total. The Morgan fingerprint density at radius 2 is 2.31 bits per heavy atom. The van der Waals surface area contributed by atoms with Gasteiger partial charge in [-0.15, -0.1) is 0 Å². The van der Waals surface area contributed by atoms with Crippen LogP contribution in [0.5, 0.6) is 0 Å². The summed E-state index contributed by atoms with van der Waals surface area (Å²) in [6.07, 6.45) is 6.77. The van der Waals surface area contributed by atoms with Crippen LogP contribution in [0.15, 0.2) is 0 Å². The molecule has 1 aliphatic heterocycles. The SMILES string of the molecule is CCC(=O)CCCN1CCOC2CCCC21. The topological polar surface area (TPSA) is 29.5 Å². The zero-order valence-corrected chi connectivity index (χ0v) is 10.3. The van der Waals surface area contributed by atoms with Gasteiger partial charge in [0.25, 0.3) is 0 Å². The monoisotopic (exact) mass is 225 g/mol. The molecule has 0 radical (unpaired) electrons. The first-order chi connectivity index (χ1) is 7.81. The van der Waals surface area contributed by atoms with E-state index in [1.54, 1.807) is 0 Å². The van der Waals surface area contributed by atoms with Crippen molar-refractivity contribution in [1.29, 1.82) is 0 Å². The molecule has 2 rings (SSSR count). The maximum atomic E-state index is 11.2. The Hall–Kier alpha value is -0.410. The van der Waals surface area contributed by atoms with Crippen molar-refractivity contribution in [3.05, 3.63) is 0 Å². The standard InChI is InChI=1S/C13H23NO2/c1-2-11(15)5-4-8-14-9-10-16-13-7-3-6-12(13)14/h12-13H,2-10H2,1H3. The molecule has 0 bridgehead atoms. The first-order valence-corrected chi connectivity index (χ1v) is 6.68. The van der Waals surface area contributed by atoms with Gasteiger partial charge >= 0.3 is 0 Å². The molecule has 0 spiro atoms. The van der Waals surface area contributed by atoms with Crippen molar-refractivity contribution >= 4 is 5.78 Å². The van der Waals surface area contributed by atoms with Crippen LogP contribution in [0.25, 0.3) is 0 Å². The van der Waals surface area contributed by atoms with E-state index in [1.807, 2.05) is 6.92 Å². The fourth-order valence-electron chi connectivity index (χ4n) is 2.94. The number of hydrogen-bond donors (Lipinski definition) is 0. The van der Waals surface area contributed by atoms with Crippen LogP contribution >= 0.6 is 0 Å². The Morgan fingerprint density at radius 3 is 3.12 bits per heavy atom. The molecule has 3 heteroatoms. The van der Waals surface area contributed by atoms with E-state index in [4.69, 9.17) is 4.74 Å². The predicted octanol–water partition coefficient (Wildman–Crippen LogP) is 2.00. The van der Waals surface area contributed by atoms with Gasteiger partial charge in [-0.05, 0) is 32.2 Å². The van der Waals surface area contributed by atoms with Gasteiger partial charge in [-0.1, -0.05) is 6.92 Å². The number of ether oxygens (including phenoxy) is 1. The molecule has 1 aliphatic carbocycles. The minimum absolute atomic E-state index is 0.399. The lowest BCUT2D eigenvalue weighted by atomic mass is 10.1. The van der Waals surface area contributed by atoms with Gasteiger partial charge in [-0.25, -0.2) is 0 Å². The van der Waals surface area contributed by atoms with Crippen LogP contribution in [0.3, 0.4) is 0 Å². The molecule has 2 fully saturated rings. The van der Waals surface area contributed by atoms with Crippen molar-refractivity contribution in [3.63, 3.8) is 0 Å². The third kappa shape index (κ3) is 2.83. The largest absolute Gasteiger partial charge is 0.375 e. The molecule has 2 aliphatic rings. The summed E-state index contributed by atoms with van der Waals surface area (Å²) in [6.45, 7) is 4.96. The summed E-state index contributed by atoms with van der Waals surface area (Å²) in [4.78, 5) is 13.8. The molecule has 0 amide bonds. The van der Waals surface area contributed by atoms with Crippen molar-refractivity contribution in [2.75, 3.05) is 19.7 Å². The lowest BCUT2D eigenvalue weighted by Crippen LogP contribution is -2.48. The number of morpholine rings is 1. The summed E-state index contributed by atoms with van der Waals surface area (Å²) in [5, 5.41) is 0. The van der Waals surface area contributed by atoms with Crippen LogP contribution in [-0.4, -0.2) is 42.5 Å². The third-order valence-corrected chi connectivity index (χ3v) is 3.89. The van der Waals surface area contributed by atoms with Crippen molar-refractivity contribution in [2.24, 2.45) is 0 Å². The van der Waals surface area contributed by atoms with Crippen molar-refractivity contribution in [3.8, 4) is 0 Å². The number of ketones is 1. The number of carbonyl (C=O) groups is 1. The Kier molecular flexibility index (Phi) is 4.36. The Labute approximate surface area is 98.1 Å². The van der Waals surface area contributed by atoms with Crippen LogP contribution in [0.1, 0.15) is 45.4 Å². The fourth-order valence-corrected chi connectivity index (χ4v) is 2.94. The highest BCUT2D eigenvalue weighted by atomic mass is 16.5. The summed E-state index contributed by atoms with van der Waals surface area (Å²) in [7, 11) is 0. The molecule has 92 valence electrons. The molecular formula is C13H23NO2. The van der Waals surface area contributed by atoms with Crippen LogP contribution in [0.4, 0.5) is 0 Å². The Bertz CT molecular complexity index is 242. The van der Waals surface area contributed by atoms with E-state index < -0.39 is 0 Å². The Morgan fingerprint density at radius 1 is 1.44 bits per heavy atom. The van der Waals surface area contributed by atoms with E-state index in [9.17, 15) is 4.79 Å². The van der Waals surface area contributed by atoms with Crippen LogP contribution in [0.2, 0.25) is 0 Å². The lowest BCUT2D eigenvalue weighted by Gasteiger charge is -2.37. The molecule has 3 nitrogen and oxygen atoms in total. The molecule has 0 aromatic rings. The number of hydrogen-bond acceptors (Lipinski definition) is 3. The maximum Gasteiger partial charge on any atom is 0.132 e. The second-order valence-corrected chi connectivity index (χ2v) is 4.94. The molecule has 0 aromatic heterocycles. The molecule has 2 unspecified atom stereocenters. The molecule has 1 saturated carbocycles. The second-order valence-electron chi connectivity index (χ2n) is 4.94. The number of carbonyl (C=O) groups excluding carboxylic acids is 1. The normalized spacial score (nSPS) is 30.3. The molecule has 1 heterocycles. The molecule has 0 aromatic carbocycles. The van der Waals surface area contributed by atoms with Gasteiger partial charge < -0.3 is 4.74 Å². The number of rotatable bonds is 5. The minimum Gasteiger partial charge on any atom is -0.375 e. The highest BCUT2D eigenvalue weighted by Crippen LogP contribution is 2.29. The first kappa shape index (κ1) is 12.1. The summed E-state index contributed by atoms with van der Waals surface area (Å²) < 4.78 is 5.77. The zero-order chi connectivity index (χ0) is 11.4. The van der Waals surface area contributed by atoms with E-state index in [2.05, 4.69) is 4.90 Å². The van der Waals surface area contributed by atoms with E-state index in [1.165, 1.54) is 19.3 Å². The van der Waals surface area contributed by atoms with E-state index in [0.29, 0.717) is 24.3 Å². The predicted molar refractivity (Wildman–Crippen MR) is 63.5 cm³/mol. The van der Waals surface area contributed by atoms with Gasteiger partial charge in [0.2, 0.25) is 0 Å². The van der Waals surface area contributed by atoms with E-state index >= 15 is 0 Å². The number of nitrogens with zero attached hydrogens (tertiary/aromatic N) is 1. The molecule has 16 heavy (non-hydrogen) atoms. The second kappa shape index (κ2) is 5.78. The summed E-state index contributed by atoms with van der Waals surface area (Å²) in [6, 6.07) is 0.644. The summed E-state index contributed by atoms with van der Waals surface area (Å²) in [5.74, 6) is 0.399. The maximum absolute atomic E-state index is 11.2.